The molecule has 0 radical (unpaired) electrons. The first kappa shape index (κ1) is 18.0. The van der Waals surface area contributed by atoms with Gasteiger partial charge in [0.25, 0.3) is 0 Å². The number of para-hydroxylation sites is 1. The number of esters is 1. The summed E-state index contributed by atoms with van der Waals surface area (Å²) in [5.41, 5.74) is 1.55. The number of amides is 3. The molecule has 0 aliphatic heterocycles. The molecule has 0 bridgehead atoms. The molecule has 0 spiro atoms. The molecule has 7 heteroatoms. The van der Waals surface area contributed by atoms with Gasteiger partial charge in [-0.2, -0.15) is 0 Å². The summed E-state index contributed by atoms with van der Waals surface area (Å²) in [5.74, 6) is -0.799. The molecule has 3 N–H and O–H groups in total. The van der Waals surface area contributed by atoms with Crippen molar-refractivity contribution in [2.45, 2.75) is 6.92 Å². The number of benzene rings is 2. The molecule has 7 nitrogen and oxygen atoms in total. The molecule has 25 heavy (non-hydrogen) atoms. The molecule has 2 aromatic carbocycles. The molecule has 2 aromatic rings. The minimum absolute atomic E-state index is 0.182. The van der Waals surface area contributed by atoms with Gasteiger partial charge in [0.2, 0.25) is 5.91 Å². The summed E-state index contributed by atoms with van der Waals surface area (Å²) in [6.45, 7) is 1.85. The maximum atomic E-state index is 11.8. The lowest BCUT2D eigenvalue weighted by Crippen LogP contribution is -2.35. The van der Waals surface area contributed by atoms with Crippen LogP contribution in [0.4, 0.5) is 16.2 Å². The Labute approximate surface area is 145 Å². The summed E-state index contributed by atoms with van der Waals surface area (Å²) in [6.07, 6.45) is 0. The van der Waals surface area contributed by atoms with Crippen molar-refractivity contribution in [1.29, 1.82) is 0 Å². The maximum absolute atomic E-state index is 11.8. The normalized spacial score (nSPS) is 9.80. The summed E-state index contributed by atoms with van der Waals surface area (Å²) in [6, 6.07) is 14.7. The molecule has 0 aromatic heterocycles. The molecule has 0 aliphatic carbocycles. The van der Waals surface area contributed by atoms with Gasteiger partial charge in [-0.1, -0.05) is 18.2 Å². The molecule has 130 valence electrons. The monoisotopic (exact) mass is 341 g/mol. The van der Waals surface area contributed by atoms with Crippen molar-refractivity contribution in [1.82, 2.24) is 5.32 Å². The molecule has 0 saturated heterocycles. The highest BCUT2D eigenvalue weighted by molar-refractivity contribution is 5.97. The van der Waals surface area contributed by atoms with Gasteiger partial charge in [0.15, 0.2) is 0 Å². The maximum Gasteiger partial charge on any atom is 0.338 e. The summed E-state index contributed by atoms with van der Waals surface area (Å²) in [7, 11) is 0. The van der Waals surface area contributed by atoms with E-state index in [4.69, 9.17) is 4.74 Å². The van der Waals surface area contributed by atoms with Crippen LogP contribution in [-0.2, 0) is 9.53 Å². The van der Waals surface area contributed by atoms with E-state index in [1.54, 1.807) is 55.5 Å². The zero-order valence-electron chi connectivity index (χ0n) is 13.7. The van der Waals surface area contributed by atoms with E-state index in [1.165, 1.54) is 0 Å². The first-order valence-electron chi connectivity index (χ1n) is 7.75. The minimum atomic E-state index is -0.473. The van der Waals surface area contributed by atoms with Crippen molar-refractivity contribution in [3.63, 3.8) is 0 Å². The molecular weight excluding hydrogens is 322 g/mol. The van der Waals surface area contributed by atoms with Gasteiger partial charge in [0.1, 0.15) is 0 Å². The highest BCUT2D eigenvalue weighted by Gasteiger charge is 2.08. The Kier molecular flexibility index (Phi) is 6.53. The highest BCUT2D eigenvalue weighted by atomic mass is 16.5. The quantitative estimate of drug-likeness (QED) is 0.704. The number of anilines is 2. The Morgan fingerprint density at radius 2 is 1.52 bits per heavy atom. The molecule has 0 unspecified atom stereocenters. The van der Waals surface area contributed by atoms with Crippen LogP contribution in [-0.4, -0.2) is 31.1 Å². The number of nitrogens with one attached hydrogen (secondary N) is 3. The Morgan fingerprint density at radius 1 is 0.880 bits per heavy atom. The first-order valence-corrected chi connectivity index (χ1v) is 7.75. The topological polar surface area (TPSA) is 96.5 Å². The molecule has 0 atom stereocenters. The summed E-state index contributed by atoms with van der Waals surface area (Å²) >= 11 is 0. The number of hydrogen-bond acceptors (Lipinski definition) is 4. The average molecular weight is 341 g/mol. The molecular formula is C18H19N3O4. The first-order chi connectivity index (χ1) is 12.1. The van der Waals surface area contributed by atoms with Crippen molar-refractivity contribution in [3.8, 4) is 0 Å². The molecule has 0 fully saturated rings. The molecule has 0 aliphatic rings. The fourth-order valence-corrected chi connectivity index (χ4v) is 1.97. The smallest absolute Gasteiger partial charge is 0.338 e. The van der Waals surface area contributed by atoms with Gasteiger partial charge < -0.3 is 20.7 Å². The molecule has 0 heterocycles. The van der Waals surface area contributed by atoms with Crippen LogP contribution in [0.5, 0.6) is 0 Å². The third kappa shape index (κ3) is 5.98. The van der Waals surface area contributed by atoms with E-state index in [0.29, 0.717) is 23.5 Å². The van der Waals surface area contributed by atoms with Crippen LogP contribution in [0.15, 0.2) is 54.6 Å². The van der Waals surface area contributed by atoms with E-state index in [9.17, 15) is 14.4 Å². The molecule has 3 amide bonds. The van der Waals surface area contributed by atoms with Crippen LogP contribution in [0.1, 0.15) is 17.3 Å². The van der Waals surface area contributed by atoms with Crippen LogP contribution in [0, 0.1) is 0 Å². The number of ether oxygens (including phenoxy) is 1. The zero-order chi connectivity index (χ0) is 18.1. The van der Waals surface area contributed by atoms with Crippen molar-refractivity contribution in [3.05, 3.63) is 60.2 Å². The Hall–Kier alpha value is -3.35. The lowest BCUT2D eigenvalue weighted by atomic mass is 10.2. The predicted molar refractivity (Wildman–Crippen MR) is 94.5 cm³/mol. The van der Waals surface area contributed by atoms with Crippen LogP contribution in [0.3, 0.4) is 0 Å². The van der Waals surface area contributed by atoms with Crippen LogP contribution in [0.25, 0.3) is 0 Å². The Bertz CT molecular complexity index is 730. The van der Waals surface area contributed by atoms with E-state index >= 15 is 0 Å². The fraction of sp³-hybridized carbons (Fsp3) is 0.167. The van der Waals surface area contributed by atoms with Crippen molar-refractivity contribution in [2.75, 3.05) is 23.8 Å². The van der Waals surface area contributed by atoms with Gasteiger partial charge in [-0.3, -0.25) is 4.79 Å². The minimum Gasteiger partial charge on any atom is -0.462 e. The van der Waals surface area contributed by atoms with Gasteiger partial charge in [-0.15, -0.1) is 0 Å². The van der Waals surface area contributed by atoms with Crippen molar-refractivity contribution >= 4 is 29.3 Å². The van der Waals surface area contributed by atoms with E-state index in [-0.39, 0.29) is 12.5 Å². The Morgan fingerprint density at radius 3 is 2.16 bits per heavy atom. The number of carbonyl (C=O) groups is 3. The van der Waals surface area contributed by atoms with Gasteiger partial charge in [-0.25, -0.2) is 9.59 Å². The van der Waals surface area contributed by atoms with E-state index in [0.717, 1.165) is 0 Å². The lowest BCUT2D eigenvalue weighted by molar-refractivity contribution is -0.115. The van der Waals surface area contributed by atoms with Gasteiger partial charge in [0.05, 0.1) is 18.7 Å². The number of hydrogen-bond donors (Lipinski definition) is 3. The molecule has 2 rings (SSSR count). The van der Waals surface area contributed by atoms with E-state index in [1.807, 2.05) is 6.07 Å². The summed E-state index contributed by atoms with van der Waals surface area (Å²) in [5, 5.41) is 7.70. The SMILES string of the molecule is CCOC(=O)c1ccc(NC(=O)CNC(=O)Nc2ccccc2)cc1. The number of carbonyl (C=O) groups excluding carboxylic acids is 3. The summed E-state index contributed by atoms with van der Waals surface area (Å²) < 4.78 is 4.88. The van der Waals surface area contributed by atoms with Crippen LogP contribution >= 0.6 is 0 Å². The van der Waals surface area contributed by atoms with Crippen molar-refractivity contribution < 1.29 is 19.1 Å². The largest absolute Gasteiger partial charge is 0.462 e. The zero-order valence-corrected chi connectivity index (χ0v) is 13.7. The number of rotatable bonds is 6. The van der Waals surface area contributed by atoms with Crippen molar-refractivity contribution in [2.24, 2.45) is 0 Å². The third-order valence-corrected chi connectivity index (χ3v) is 3.12. The third-order valence-electron chi connectivity index (χ3n) is 3.12. The van der Waals surface area contributed by atoms with Gasteiger partial charge in [0, 0.05) is 11.4 Å². The second-order valence-corrected chi connectivity index (χ2v) is 5.02. The standard InChI is InChI=1S/C18H19N3O4/c1-2-25-17(23)13-8-10-15(11-9-13)20-16(22)12-19-18(24)21-14-6-4-3-5-7-14/h3-11H,2,12H2,1H3,(H,20,22)(H2,19,21,24). The van der Waals surface area contributed by atoms with Crippen LogP contribution in [0.2, 0.25) is 0 Å². The Balaban J connectivity index is 1.78. The van der Waals surface area contributed by atoms with Crippen LogP contribution < -0.4 is 16.0 Å². The van der Waals surface area contributed by atoms with E-state index < -0.39 is 12.0 Å². The second kappa shape index (κ2) is 9.07. The van der Waals surface area contributed by atoms with Gasteiger partial charge in [-0.05, 0) is 43.3 Å². The van der Waals surface area contributed by atoms with E-state index in [2.05, 4.69) is 16.0 Å². The highest BCUT2D eigenvalue weighted by Crippen LogP contribution is 2.10. The summed E-state index contributed by atoms with van der Waals surface area (Å²) in [4.78, 5) is 35.1. The molecule has 0 saturated carbocycles. The van der Waals surface area contributed by atoms with Gasteiger partial charge >= 0.3 is 12.0 Å². The fourth-order valence-electron chi connectivity index (χ4n) is 1.97. The second-order valence-electron chi connectivity index (χ2n) is 5.02. The lowest BCUT2D eigenvalue weighted by Gasteiger charge is -2.09. The number of urea groups is 1. The average Bonchev–Trinajstić information content (AvgIpc) is 2.62. The predicted octanol–water partition coefficient (Wildman–Crippen LogP) is 2.62.